The molecule has 0 atom stereocenters. The molecule has 0 bridgehead atoms. The van der Waals surface area contributed by atoms with Gasteiger partial charge < -0.3 is 19.3 Å². The van der Waals surface area contributed by atoms with Gasteiger partial charge in [0.15, 0.2) is 22.7 Å². The minimum absolute atomic E-state index is 0.0870. The van der Waals surface area contributed by atoms with Crippen molar-refractivity contribution in [1.82, 2.24) is 29.4 Å². The lowest BCUT2D eigenvalue weighted by Crippen LogP contribution is -2.50. The van der Waals surface area contributed by atoms with E-state index >= 15 is 0 Å². The number of para-hydroxylation sites is 1. The Morgan fingerprint density at radius 3 is 2.40 bits per heavy atom. The van der Waals surface area contributed by atoms with Gasteiger partial charge in [0.2, 0.25) is 5.91 Å². The number of benzene rings is 2. The van der Waals surface area contributed by atoms with Gasteiger partial charge in [0.05, 0.1) is 19.9 Å². The third kappa shape index (κ3) is 4.27. The van der Waals surface area contributed by atoms with Crippen LogP contribution in [0.15, 0.2) is 59.7 Å². The summed E-state index contributed by atoms with van der Waals surface area (Å²) in [6.45, 7) is 2.56. The van der Waals surface area contributed by atoms with E-state index in [9.17, 15) is 9.59 Å². The molecule has 1 fully saturated rings. The van der Waals surface area contributed by atoms with Crippen molar-refractivity contribution in [3.8, 4) is 17.2 Å². The Morgan fingerprint density at radius 2 is 1.69 bits per heavy atom. The highest BCUT2D eigenvalue weighted by Gasteiger charge is 2.23. The molecule has 2 aromatic carbocycles. The van der Waals surface area contributed by atoms with E-state index in [1.807, 2.05) is 18.2 Å². The molecule has 0 aliphatic carbocycles. The second-order valence-electron chi connectivity index (χ2n) is 8.09. The van der Waals surface area contributed by atoms with Gasteiger partial charge in [-0.1, -0.05) is 23.4 Å². The summed E-state index contributed by atoms with van der Waals surface area (Å²) in [5.41, 5.74) is 1.72. The molecular formula is C24H25N7O4. The van der Waals surface area contributed by atoms with Gasteiger partial charge >= 0.3 is 0 Å². The van der Waals surface area contributed by atoms with Gasteiger partial charge in [-0.05, 0) is 24.3 Å². The number of ether oxygens (including phenoxy) is 2. The van der Waals surface area contributed by atoms with Crippen LogP contribution in [0.4, 0.5) is 5.69 Å². The fourth-order valence-corrected chi connectivity index (χ4v) is 4.19. The Hall–Kier alpha value is -4.41. The van der Waals surface area contributed by atoms with Crippen LogP contribution in [0.3, 0.4) is 0 Å². The summed E-state index contributed by atoms with van der Waals surface area (Å²) in [4.78, 5) is 34.3. The molecule has 0 unspecified atom stereocenters. The van der Waals surface area contributed by atoms with Crippen molar-refractivity contribution in [1.29, 1.82) is 0 Å². The van der Waals surface area contributed by atoms with Crippen LogP contribution in [0.1, 0.15) is 0 Å². The van der Waals surface area contributed by atoms with Crippen molar-refractivity contribution in [2.75, 3.05) is 45.3 Å². The van der Waals surface area contributed by atoms with Crippen molar-refractivity contribution in [3.05, 3.63) is 65.2 Å². The van der Waals surface area contributed by atoms with Gasteiger partial charge in [-0.3, -0.25) is 14.2 Å². The monoisotopic (exact) mass is 475 g/mol. The number of piperazine rings is 1. The van der Waals surface area contributed by atoms with Crippen LogP contribution in [0, 0.1) is 0 Å². The Morgan fingerprint density at radius 1 is 0.943 bits per heavy atom. The van der Waals surface area contributed by atoms with Gasteiger partial charge in [-0.15, -0.1) is 5.10 Å². The normalized spacial score (nSPS) is 13.8. The number of rotatable bonds is 6. The fourth-order valence-electron chi connectivity index (χ4n) is 4.19. The predicted octanol–water partition coefficient (Wildman–Crippen LogP) is 1.34. The topological polar surface area (TPSA) is 108 Å². The van der Waals surface area contributed by atoms with Gasteiger partial charge in [-0.25, -0.2) is 4.98 Å². The lowest BCUT2D eigenvalue weighted by molar-refractivity contribution is -0.132. The second kappa shape index (κ2) is 9.45. The number of methoxy groups -OCH3 is 2. The third-order valence-corrected chi connectivity index (χ3v) is 6.10. The lowest BCUT2D eigenvalue weighted by Gasteiger charge is -2.36. The summed E-state index contributed by atoms with van der Waals surface area (Å²) in [7, 11) is 3.09. The third-order valence-electron chi connectivity index (χ3n) is 6.10. The molecule has 180 valence electrons. The van der Waals surface area contributed by atoms with E-state index < -0.39 is 5.56 Å². The molecule has 3 heterocycles. The lowest BCUT2D eigenvalue weighted by atomic mass is 10.2. The summed E-state index contributed by atoms with van der Waals surface area (Å²) in [5.74, 6) is 0.951. The van der Waals surface area contributed by atoms with E-state index in [4.69, 9.17) is 9.47 Å². The van der Waals surface area contributed by atoms with Gasteiger partial charge in [-0.2, -0.15) is 4.68 Å². The van der Waals surface area contributed by atoms with Gasteiger partial charge in [0.1, 0.15) is 12.9 Å². The zero-order chi connectivity index (χ0) is 24.4. The highest BCUT2D eigenvalue weighted by atomic mass is 16.5. The van der Waals surface area contributed by atoms with Crippen molar-refractivity contribution in [2.45, 2.75) is 6.54 Å². The van der Waals surface area contributed by atoms with Gasteiger partial charge in [0, 0.05) is 37.9 Å². The fraction of sp³-hybridized carbons (Fsp3) is 0.292. The average molecular weight is 476 g/mol. The van der Waals surface area contributed by atoms with E-state index in [-0.39, 0.29) is 18.0 Å². The molecule has 0 saturated carbocycles. The molecule has 4 aromatic rings. The molecule has 1 aliphatic rings. The zero-order valence-electron chi connectivity index (χ0n) is 19.5. The van der Waals surface area contributed by atoms with E-state index in [0.717, 1.165) is 18.8 Å². The van der Waals surface area contributed by atoms with Crippen molar-refractivity contribution in [2.24, 2.45) is 0 Å². The number of hydrogen-bond donors (Lipinski definition) is 0. The first-order valence-corrected chi connectivity index (χ1v) is 11.2. The van der Waals surface area contributed by atoms with Crippen LogP contribution in [-0.2, 0) is 11.3 Å². The maximum atomic E-state index is 13.0. The molecule has 2 aromatic heterocycles. The molecule has 0 spiro atoms. The standard InChI is InChI=1S/C24H25N7O4/c1-34-19-9-8-18(14-20(19)35-2)31-23-22(26-27-31)24(33)30(16-25-23)15-21(32)29-12-10-28(11-13-29)17-6-4-3-5-7-17/h3-9,14,16H,10-13,15H2,1-2H3. The van der Waals surface area contributed by atoms with Crippen LogP contribution in [0.2, 0.25) is 0 Å². The summed E-state index contributed by atoms with van der Waals surface area (Å²) in [5, 5.41) is 8.13. The van der Waals surface area contributed by atoms with Crippen LogP contribution in [-0.4, -0.2) is 75.8 Å². The van der Waals surface area contributed by atoms with Crippen LogP contribution >= 0.6 is 0 Å². The summed E-state index contributed by atoms with van der Waals surface area (Å²) in [6.07, 6.45) is 1.36. The van der Waals surface area contributed by atoms with E-state index in [0.29, 0.717) is 35.9 Å². The molecule has 11 heteroatoms. The number of nitrogens with zero attached hydrogens (tertiary/aromatic N) is 7. The Labute approximate surface area is 201 Å². The Kier molecular flexibility index (Phi) is 6.04. The quantitative estimate of drug-likeness (QED) is 0.411. The van der Waals surface area contributed by atoms with Crippen molar-refractivity contribution in [3.63, 3.8) is 0 Å². The highest BCUT2D eigenvalue weighted by molar-refractivity contribution is 5.77. The summed E-state index contributed by atoms with van der Waals surface area (Å²) < 4.78 is 13.3. The molecule has 1 saturated heterocycles. The predicted molar refractivity (Wildman–Crippen MR) is 129 cm³/mol. The first-order chi connectivity index (χ1) is 17.1. The maximum absolute atomic E-state index is 13.0. The number of fused-ring (bicyclic) bond motifs is 1. The Bertz CT molecular complexity index is 1410. The van der Waals surface area contributed by atoms with Crippen molar-refractivity contribution >= 4 is 22.8 Å². The number of anilines is 1. The number of aromatic nitrogens is 5. The average Bonchev–Trinajstić information content (AvgIpc) is 3.35. The smallest absolute Gasteiger partial charge is 0.284 e. The van der Waals surface area contributed by atoms with Crippen LogP contribution in [0.25, 0.3) is 16.9 Å². The second-order valence-corrected chi connectivity index (χ2v) is 8.09. The van der Waals surface area contributed by atoms with Gasteiger partial charge in [0.25, 0.3) is 5.56 Å². The minimum atomic E-state index is -0.419. The van der Waals surface area contributed by atoms with Crippen LogP contribution < -0.4 is 19.9 Å². The molecule has 5 rings (SSSR count). The largest absolute Gasteiger partial charge is 0.493 e. The van der Waals surface area contributed by atoms with Crippen molar-refractivity contribution < 1.29 is 14.3 Å². The molecule has 0 N–H and O–H groups in total. The molecule has 35 heavy (non-hydrogen) atoms. The highest BCUT2D eigenvalue weighted by Crippen LogP contribution is 2.29. The molecule has 1 aliphatic heterocycles. The first kappa shape index (κ1) is 22.4. The minimum Gasteiger partial charge on any atom is -0.493 e. The molecule has 11 nitrogen and oxygen atoms in total. The molecule has 0 radical (unpaired) electrons. The van der Waals surface area contributed by atoms with E-state index in [1.54, 1.807) is 30.2 Å². The Balaban J connectivity index is 1.32. The summed E-state index contributed by atoms with van der Waals surface area (Å²) >= 11 is 0. The molecular weight excluding hydrogens is 450 g/mol. The number of carbonyl (C=O) groups is 1. The number of hydrogen-bond acceptors (Lipinski definition) is 8. The SMILES string of the molecule is COc1ccc(-n2nnc3c(=O)n(CC(=O)N4CCN(c5ccccc5)CC4)cnc32)cc1OC. The van der Waals surface area contributed by atoms with Crippen LogP contribution in [0.5, 0.6) is 11.5 Å². The first-order valence-electron chi connectivity index (χ1n) is 11.2. The number of amides is 1. The van der Waals surface area contributed by atoms with E-state index in [1.165, 1.54) is 22.7 Å². The maximum Gasteiger partial charge on any atom is 0.284 e. The zero-order valence-corrected chi connectivity index (χ0v) is 19.5. The van der Waals surface area contributed by atoms with E-state index in [2.05, 4.69) is 32.3 Å². The summed E-state index contributed by atoms with van der Waals surface area (Å²) in [6, 6.07) is 15.3. The molecule has 1 amide bonds. The number of carbonyl (C=O) groups excluding carboxylic acids is 1.